The van der Waals surface area contributed by atoms with Crippen molar-refractivity contribution in [1.29, 1.82) is 0 Å². The number of benzene rings is 1. The molecule has 0 aliphatic carbocycles. The van der Waals surface area contributed by atoms with Crippen molar-refractivity contribution in [3.05, 3.63) is 52.4 Å². The van der Waals surface area contributed by atoms with E-state index in [1.165, 1.54) is 26.6 Å². The number of hydrogen-bond donors (Lipinski definition) is 1. The van der Waals surface area contributed by atoms with Crippen molar-refractivity contribution < 1.29 is 27.5 Å². The van der Waals surface area contributed by atoms with E-state index in [0.29, 0.717) is 29.9 Å². The Labute approximate surface area is 200 Å². The van der Waals surface area contributed by atoms with Crippen LogP contribution in [0.5, 0.6) is 0 Å². The molecule has 13 heteroatoms. The second kappa shape index (κ2) is 10.4. The summed E-state index contributed by atoms with van der Waals surface area (Å²) in [6, 6.07) is 3.26. The molecule has 9 nitrogen and oxygen atoms in total. The van der Waals surface area contributed by atoms with Crippen LogP contribution in [0.15, 0.2) is 18.2 Å². The van der Waals surface area contributed by atoms with Gasteiger partial charge in [0.25, 0.3) is 12.3 Å². The molecule has 0 saturated heterocycles. The van der Waals surface area contributed by atoms with Crippen molar-refractivity contribution in [3.63, 3.8) is 0 Å². The third-order valence-corrected chi connectivity index (χ3v) is 5.57. The molecule has 2 aliphatic rings. The van der Waals surface area contributed by atoms with Crippen molar-refractivity contribution in [1.82, 2.24) is 19.6 Å². The van der Waals surface area contributed by atoms with Crippen LogP contribution in [0, 0.1) is 12.4 Å². The SMILES string of the molecule is S.[C-]#[N+]c1cc(NC(=O)N2CCc3nn4c(c3C2)C(=O)N(C)C[C@H](OCC(F)F)C4)ccc1F. The summed E-state index contributed by atoms with van der Waals surface area (Å²) in [6.45, 7) is 7.01. The maximum Gasteiger partial charge on any atom is 0.322 e. The summed E-state index contributed by atoms with van der Waals surface area (Å²) in [5.74, 6) is -0.999. The lowest BCUT2D eigenvalue weighted by atomic mass is 10.0. The standard InChI is InChI=1S/C21H21F3N6O3.H2S/c1-25-17-7-12(3-4-15(17)22)26-21(32)29-6-5-16-14(10-29)19-20(31)28(2)8-13(9-30(19)27-16)33-11-18(23)24;/h3-4,7,13,18H,5-6,8-11H2,2H3,(H,26,32);1H2/t13-;/m0./s1. The minimum atomic E-state index is -2.61. The Morgan fingerprint density at radius 3 is 2.85 bits per heavy atom. The van der Waals surface area contributed by atoms with Crippen LogP contribution < -0.4 is 5.32 Å². The highest BCUT2D eigenvalue weighted by Crippen LogP contribution is 2.27. The number of anilines is 1. The van der Waals surface area contributed by atoms with Gasteiger partial charge in [-0.2, -0.15) is 18.6 Å². The van der Waals surface area contributed by atoms with Crippen LogP contribution >= 0.6 is 13.5 Å². The molecule has 0 spiro atoms. The Hall–Kier alpha value is -3.24. The lowest BCUT2D eigenvalue weighted by molar-refractivity contribution is -0.0362. The molecule has 1 aromatic carbocycles. The Balaban J connectivity index is 0.00000324. The average Bonchev–Trinajstić information content (AvgIpc) is 3.09. The highest BCUT2D eigenvalue weighted by atomic mass is 32.1. The molecule has 1 aromatic heterocycles. The number of nitrogens with one attached hydrogen (secondary N) is 1. The minimum Gasteiger partial charge on any atom is -0.369 e. The Bertz CT molecular complexity index is 1140. The summed E-state index contributed by atoms with van der Waals surface area (Å²) in [5, 5.41) is 7.14. The zero-order valence-corrected chi connectivity index (χ0v) is 19.2. The number of urea groups is 1. The van der Waals surface area contributed by atoms with Gasteiger partial charge in [-0.15, -0.1) is 0 Å². The van der Waals surface area contributed by atoms with E-state index >= 15 is 0 Å². The summed E-state index contributed by atoms with van der Waals surface area (Å²) < 4.78 is 45.4. The summed E-state index contributed by atoms with van der Waals surface area (Å²) in [6.07, 6.45) is -2.84. The fourth-order valence-corrected chi connectivity index (χ4v) is 3.98. The summed E-state index contributed by atoms with van der Waals surface area (Å²) in [4.78, 5) is 31.8. The number of likely N-dealkylation sites (N-methyl/N-ethyl adjacent to an activating group) is 1. The normalized spacial score (nSPS) is 17.4. The first kappa shape index (κ1) is 25.4. The van der Waals surface area contributed by atoms with E-state index in [-0.39, 0.29) is 50.4 Å². The monoisotopic (exact) mass is 496 g/mol. The first-order valence-corrected chi connectivity index (χ1v) is 10.2. The molecule has 182 valence electrons. The smallest absolute Gasteiger partial charge is 0.322 e. The lowest BCUT2D eigenvalue weighted by Crippen LogP contribution is -2.40. The predicted octanol–water partition coefficient (Wildman–Crippen LogP) is 3.01. The van der Waals surface area contributed by atoms with Gasteiger partial charge < -0.3 is 19.9 Å². The van der Waals surface area contributed by atoms with Crippen LogP contribution in [0.2, 0.25) is 0 Å². The number of halogens is 3. The Kier molecular flexibility index (Phi) is 7.73. The largest absolute Gasteiger partial charge is 0.369 e. The molecule has 3 heterocycles. The first-order valence-electron chi connectivity index (χ1n) is 10.2. The molecular formula is C21H23F3N6O3S. The van der Waals surface area contributed by atoms with Gasteiger partial charge in [-0.05, 0) is 18.2 Å². The molecule has 0 bridgehead atoms. The number of carbonyl (C=O) groups excluding carboxylic acids is 2. The van der Waals surface area contributed by atoms with Crippen LogP contribution in [0.4, 0.5) is 29.3 Å². The number of aromatic nitrogens is 2. The van der Waals surface area contributed by atoms with Crippen LogP contribution in [0.1, 0.15) is 21.7 Å². The van der Waals surface area contributed by atoms with Gasteiger partial charge in [0.15, 0.2) is 0 Å². The molecule has 2 aromatic rings. The van der Waals surface area contributed by atoms with E-state index in [9.17, 15) is 22.8 Å². The van der Waals surface area contributed by atoms with Crippen LogP contribution in [-0.4, -0.2) is 70.8 Å². The predicted molar refractivity (Wildman–Crippen MR) is 121 cm³/mol. The van der Waals surface area contributed by atoms with Gasteiger partial charge in [-0.3, -0.25) is 9.48 Å². The molecule has 0 unspecified atom stereocenters. The Morgan fingerprint density at radius 1 is 1.38 bits per heavy atom. The highest BCUT2D eigenvalue weighted by molar-refractivity contribution is 7.59. The van der Waals surface area contributed by atoms with Crippen molar-refractivity contribution in [3.8, 4) is 0 Å². The number of ether oxygens (including phenoxy) is 1. The number of carbonyl (C=O) groups is 2. The molecule has 0 radical (unpaired) electrons. The number of fused-ring (bicyclic) bond motifs is 3. The molecule has 1 N–H and O–H groups in total. The first-order chi connectivity index (χ1) is 15.8. The number of alkyl halides is 2. The van der Waals surface area contributed by atoms with E-state index in [1.807, 2.05) is 0 Å². The van der Waals surface area contributed by atoms with Gasteiger partial charge in [0.2, 0.25) is 5.69 Å². The summed E-state index contributed by atoms with van der Waals surface area (Å²) in [7, 11) is 1.56. The lowest BCUT2D eigenvalue weighted by Gasteiger charge is -2.27. The van der Waals surface area contributed by atoms with E-state index in [2.05, 4.69) is 15.3 Å². The molecule has 2 aliphatic heterocycles. The second-order valence-electron chi connectivity index (χ2n) is 7.87. The highest BCUT2D eigenvalue weighted by Gasteiger charge is 2.35. The van der Waals surface area contributed by atoms with Crippen molar-refractivity contribution >= 4 is 36.8 Å². The number of hydrogen-bond acceptors (Lipinski definition) is 4. The summed E-state index contributed by atoms with van der Waals surface area (Å²) in [5.41, 5.74) is 1.66. The second-order valence-corrected chi connectivity index (χ2v) is 7.87. The fraction of sp³-hybridized carbons (Fsp3) is 0.429. The van der Waals surface area contributed by atoms with Crippen molar-refractivity contribution in [2.24, 2.45) is 0 Å². The van der Waals surface area contributed by atoms with Gasteiger partial charge in [0.05, 0.1) is 31.5 Å². The molecule has 4 rings (SSSR count). The van der Waals surface area contributed by atoms with Gasteiger partial charge in [0, 0.05) is 37.8 Å². The summed E-state index contributed by atoms with van der Waals surface area (Å²) >= 11 is 0. The maximum absolute atomic E-state index is 13.5. The van der Waals surface area contributed by atoms with Gasteiger partial charge in [-0.25, -0.2) is 22.8 Å². The Morgan fingerprint density at radius 2 is 2.15 bits per heavy atom. The van der Waals surface area contributed by atoms with E-state index in [1.54, 1.807) is 7.05 Å². The fourth-order valence-electron chi connectivity index (χ4n) is 3.98. The molecule has 1 atom stereocenters. The van der Waals surface area contributed by atoms with Gasteiger partial charge in [-0.1, -0.05) is 0 Å². The number of amides is 3. The van der Waals surface area contributed by atoms with E-state index in [0.717, 1.165) is 6.07 Å². The minimum absolute atomic E-state index is 0. The van der Waals surface area contributed by atoms with Crippen LogP contribution in [0.3, 0.4) is 0 Å². The van der Waals surface area contributed by atoms with Crippen LogP contribution in [-0.2, 0) is 24.2 Å². The molecule has 0 saturated carbocycles. The van der Waals surface area contributed by atoms with Gasteiger partial charge in [0.1, 0.15) is 18.1 Å². The van der Waals surface area contributed by atoms with Crippen molar-refractivity contribution in [2.45, 2.75) is 32.0 Å². The topological polar surface area (TPSA) is 84.1 Å². The number of rotatable bonds is 4. The van der Waals surface area contributed by atoms with E-state index < -0.39 is 31.0 Å². The average molecular weight is 497 g/mol. The molecule has 0 fully saturated rings. The quantitative estimate of drug-likeness (QED) is 0.660. The zero-order valence-electron chi connectivity index (χ0n) is 18.2. The van der Waals surface area contributed by atoms with Gasteiger partial charge >= 0.3 is 6.03 Å². The van der Waals surface area contributed by atoms with E-state index in [4.69, 9.17) is 11.3 Å². The van der Waals surface area contributed by atoms with Crippen LogP contribution in [0.25, 0.3) is 4.85 Å². The molecule has 34 heavy (non-hydrogen) atoms. The molecule has 3 amide bonds. The number of nitrogens with zero attached hydrogens (tertiary/aromatic N) is 5. The maximum atomic E-state index is 13.5. The zero-order chi connectivity index (χ0) is 23.7. The third-order valence-electron chi connectivity index (χ3n) is 5.57. The third kappa shape index (κ3) is 5.13. The molecular weight excluding hydrogens is 473 g/mol. The van der Waals surface area contributed by atoms with Crippen molar-refractivity contribution in [2.75, 3.05) is 32.1 Å².